The predicted molar refractivity (Wildman–Crippen MR) is 78.3 cm³/mol. The maximum absolute atomic E-state index is 11.0. The molecule has 0 saturated carbocycles. The summed E-state index contributed by atoms with van der Waals surface area (Å²) < 4.78 is 5.39. The normalized spacial score (nSPS) is 18.9. The van der Waals surface area contributed by atoms with E-state index < -0.39 is 4.92 Å². The van der Waals surface area contributed by atoms with Crippen molar-refractivity contribution in [2.24, 2.45) is 11.7 Å². The Morgan fingerprint density at radius 1 is 1.55 bits per heavy atom. The molecule has 1 fully saturated rings. The van der Waals surface area contributed by atoms with Crippen molar-refractivity contribution >= 4 is 11.4 Å². The predicted octanol–water partition coefficient (Wildman–Crippen LogP) is 2.17. The first kappa shape index (κ1) is 14.6. The molecule has 2 rings (SSSR count). The van der Waals surface area contributed by atoms with Gasteiger partial charge in [0, 0.05) is 30.9 Å². The van der Waals surface area contributed by atoms with Gasteiger partial charge in [-0.3, -0.25) is 10.1 Å². The van der Waals surface area contributed by atoms with Crippen LogP contribution in [-0.2, 0) is 0 Å². The minimum absolute atomic E-state index is 0.0167. The zero-order valence-corrected chi connectivity index (χ0v) is 11.7. The van der Waals surface area contributed by atoms with E-state index in [4.69, 9.17) is 10.5 Å². The number of hydrogen-bond acceptors (Lipinski definition) is 5. The van der Waals surface area contributed by atoms with Gasteiger partial charge in [0.2, 0.25) is 0 Å². The fourth-order valence-corrected chi connectivity index (χ4v) is 2.61. The van der Waals surface area contributed by atoms with E-state index in [1.807, 2.05) is 6.92 Å². The van der Waals surface area contributed by atoms with E-state index in [9.17, 15) is 10.1 Å². The van der Waals surface area contributed by atoms with Crippen molar-refractivity contribution in [2.45, 2.75) is 19.8 Å². The zero-order chi connectivity index (χ0) is 14.5. The molecule has 1 aromatic rings. The minimum Gasteiger partial charge on any atom is -0.487 e. The highest BCUT2D eigenvalue weighted by atomic mass is 16.6. The molecular formula is C14H21N3O3. The maximum atomic E-state index is 11.0. The lowest BCUT2D eigenvalue weighted by atomic mass is 9.98. The Balaban J connectivity index is 2.23. The summed E-state index contributed by atoms with van der Waals surface area (Å²) in [7, 11) is 0. The Labute approximate surface area is 118 Å². The van der Waals surface area contributed by atoms with Crippen LogP contribution in [0.5, 0.6) is 5.75 Å². The van der Waals surface area contributed by atoms with Gasteiger partial charge in [0.25, 0.3) is 0 Å². The molecule has 1 unspecified atom stereocenters. The summed E-state index contributed by atoms with van der Waals surface area (Å²) in [6.45, 7) is 4.78. The van der Waals surface area contributed by atoms with Gasteiger partial charge in [-0.1, -0.05) is 0 Å². The van der Waals surface area contributed by atoms with Crippen LogP contribution in [0.3, 0.4) is 0 Å². The second-order valence-corrected chi connectivity index (χ2v) is 5.03. The molecule has 6 nitrogen and oxygen atoms in total. The molecule has 1 atom stereocenters. The third-order valence-electron chi connectivity index (χ3n) is 3.66. The van der Waals surface area contributed by atoms with Crippen LogP contribution in [0.1, 0.15) is 19.8 Å². The van der Waals surface area contributed by atoms with Gasteiger partial charge < -0.3 is 15.4 Å². The largest absolute Gasteiger partial charge is 0.487 e. The Morgan fingerprint density at radius 2 is 2.35 bits per heavy atom. The average molecular weight is 279 g/mol. The molecule has 0 aliphatic carbocycles. The lowest BCUT2D eigenvalue weighted by Crippen LogP contribution is -2.38. The van der Waals surface area contributed by atoms with E-state index in [2.05, 4.69) is 4.90 Å². The lowest BCUT2D eigenvalue weighted by Gasteiger charge is -2.34. The zero-order valence-electron chi connectivity index (χ0n) is 11.7. The van der Waals surface area contributed by atoms with Crippen LogP contribution in [0.15, 0.2) is 18.2 Å². The average Bonchev–Trinajstić information content (AvgIpc) is 2.47. The topological polar surface area (TPSA) is 81.6 Å². The number of benzene rings is 1. The molecule has 1 aromatic carbocycles. The number of hydrogen-bond donors (Lipinski definition) is 1. The van der Waals surface area contributed by atoms with E-state index >= 15 is 0 Å². The van der Waals surface area contributed by atoms with Gasteiger partial charge in [-0.05, 0) is 38.3 Å². The van der Waals surface area contributed by atoms with Crippen LogP contribution in [-0.4, -0.2) is 31.2 Å². The van der Waals surface area contributed by atoms with Gasteiger partial charge in [-0.2, -0.15) is 0 Å². The molecule has 0 amide bonds. The van der Waals surface area contributed by atoms with E-state index in [0.717, 1.165) is 31.6 Å². The molecule has 110 valence electrons. The van der Waals surface area contributed by atoms with Crippen LogP contribution in [0.25, 0.3) is 0 Å². The first-order chi connectivity index (χ1) is 9.65. The molecule has 1 aliphatic rings. The molecule has 0 aromatic heterocycles. The highest BCUT2D eigenvalue weighted by Gasteiger charge is 2.22. The molecule has 0 radical (unpaired) electrons. The molecular weight excluding hydrogens is 258 g/mol. The minimum atomic E-state index is -0.409. The summed E-state index contributed by atoms with van der Waals surface area (Å²) in [4.78, 5) is 12.8. The van der Waals surface area contributed by atoms with Gasteiger partial charge in [0.1, 0.15) is 0 Å². The summed E-state index contributed by atoms with van der Waals surface area (Å²) in [5, 5.41) is 11.0. The van der Waals surface area contributed by atoms with Gasteiger partial charge in [-0.25, -0.2) is 0 Å². The second-order valence-electron chi connectivity index (χ2n) is 5.03. The van der Waals surface area contributed by atoms with Crippen molar-refractivity contribution in [2.75, 3.05) is 31.1 Å². The monoisotopic (exact) mass is 279 g/mol. The number of piperidine rings is 1. The number of nitro groups is 1. The third-order valence-corrected chi connectivity index (χ3v) is 3.66. The van der Waals surface area contributed by atoms with E-state index in [0.29, 0.717) is 24.8 Å². The molecule has 1 heterocycles. The van der Waals surface area contributed by atoms with Gasteiger partial charge in [0.15, 0.2) is 5.75 Å². The highest BCUT2D eigenvalue weighted by Crippen LogP contribution is 2.33. The number of nitrogens with zero attached hydrogens (tertiary/aromatic N) is 2. The maximum Gasteiger partial charge on any atom is 0.311 e. The number of nitro benzene ring substituents is 1. The second kappa shape index (κ2) is 6.56. The van der Waals surface area contributed by atoms with E-state index in [1.165, 1.54) is 6.07 Å². The van der Waals surface area contributed by atoms with Crippen molar-refractivity contribution in [1.29, 1.82) is 0 Å². The van der Waals surface area contributed by atoms with Crippen LogP contribution < -0.4 is 15.4 Å². The van der Waals surface area contributed by atoms with E-state index in [1.54, 1.807) is 12.1 Å². The Hall–Kier alpha value is -1.82. The van der Waals surface area contributed by atoms with Gasteiger partial charge >= 0.3 is 5.69 Å². The summed E-state index contributed by atoms with van der Waals surface area (Å²) in [6.07, 6.45) is 2.25. The number of anilines is 1. The number of ether oxygens (including phenoxy) is 1. The fraction of sp³-hybridized carbons (Fsp3) is 0.571. The summed E-state index contributed by atoms with van der Waals surface area (Å²) in [5.74, 6) is 0.833. The van der Waals surface area contributed by atoms with Crippen molar-refractivity contribution in [3.63, 3.8) is 0 Å². The van der Waals surface area contributed by atoms with Crippen LogP contribution in [0.4, 0.5) is 11.4 Å². The smallest absolute Gasteiger partial charge is 0.311 e. The molecule has 2 N–H and O–H groups in total. The van der Waals surface area contributed by atoms with Crippen molar-refractivity contribution < 1.29 is 9.66 Å². The van der Waals surface area contributed by atoms with Crippen LogP contribution in [0.2, 0.25) is 0 Å². The quantitative estimate of drug-likeness (QED) is 0.660. The SMILES string of the molecule is CCOc1cc(N2CCCC(CN)C2)ccc1[N+](=O)[O-]. The first-order valence-corrected chi connectivity index (χ1v) is 7.02. The Morgan fingerprint density at radius 3 is 3.00 bits per heavy atom. The molecule has 1 saturated heterocycles. The highest BCUT2D eigenvalue weighted by molar-refractivity contribution is 5.59. The molecule has 0 bridgehead atoms. The summed E-state index contributed by atoms with van der Waals surface area (Å²) in [5.41, 5.74) is 6.73. The van der Waals surface area contributed by atoms with Crippen molar-refractivity contribution in [3.8, 4) is 5.75 Å². The van der Waals surface area contributed by atoms with Crippen molar-refractivity contribution in [1.82, 2.24) is 0 Å². The molecule has 0 spiro atoms. The summed E-state index contributed by atoms with van der Waals surface area (Å²) >= 11 is 0. The lowest BCUT2D eigenvalue weighted by molar-refractivity contribution is -0.385. The Bertz CT molecular complexity index is 479. The van der Waals surface area contributed by atoms with Crippen molar-refractivity contribution in [3.05, 3.63) is 28.3 Å². The van der Waals surface area contributed by atoms with E-state index in [-0.39, 0.29) is 5.69 Å². The number of rotatable bonds is 5. The Kier molecular flexibility index (Phi) is 4.79. The number of nitrogens with two attached hydrogens (primary N) is 1. The summed E-state index contributed by atoms with van der Waals surface area (Å²) in [6, 6.07) is 5.08. The van der Waals surface area contributed by atoms with Gasteiger partial charge in [-0.15, -0.1) is 0 Å². The first-order valence-electron chi connectivity index (χ1n) is 7.02. The van der Waals surface area contributed by atoms with Crippen LogP contribution in [0, 0.1) is 16.0 Å². The molecule has 1 aliphatic heterocycles. The fourth-order valence-electron chi connectivity index (χ4n) is 2.61. The van der Waals surface area contributed by atoms with Gasteiger partial charge in [0.05, 0.1) is 11.5 Å². The molecule has 20 heavy (non-hydrogen) atoms. The molecule has 6 heteroatoms. The van der Waals surface area contributed by atoms with Crippen LogP contribution >= 0.6 is 0 Å². The standard InChI is InChI=1S/C14H21N3O3/c1-2-20-14-8-12(5-6-13(14)17(18)19)16-7-3-4-11(9-15)10-16/h5-6,8,11H,2-4,7,9-10,15H2,1H3. The third kappa shape index (κ3) is 3.19.